The molecule has 0 radical (unpaired) electrons. The number of imide groups is 1. The maximum atomic E-state index is 13.0. The lowest BCUT2D eigenvalue weighted by Crippen LogP contribution is -2.52. The minimum Gasteiger partial charge on any atom is -0.488 e. The van der Waals surface area contributed by atoms with Crippen LogP contribution in [0, 0.1) is 11.8 Å². The van der Waals surface area contributed by atoms with Crippen LogP contribution in [-0.4, -0.2) is 98.1 Å². The van der Waals surface area contributed by atoms with E-state index in [0.717, 1.165) is 111 Å². The zero-order chi connectivity index (χ0) is 41.9. The summed E-state index contributed by atoms with van der Waals surface area (Å²) in [6.07, 6.45) is 14.8. The van der Waals surface area contributed by atoms with E-state index < -0.39 is 11.9 Å². The number of nitrogens with one attached hydrogen (secondary N) is 4. The maximum absolute atomic E-state index is 13.0. The van der Waals surface area contributed by atoms with Crippen LogP contribution in [0.2, 0.25) is 5.02 Å². The number of hydrogen-bond acceptors (Lipinski definition) is 12. The summed E-state index contributed by atoms with van der Waals surface area (Å²) in [6.45, 7) is 6.93. The standard InChI is InChI=1S/C45H57ClN10O4S/c1-54-39(20-28-2-3-28)34(23-50-54)42-37(46)24-49-45(53-42)51-32-8-6-31(7-9-32)48-22-30-14-17-55(18-15-30)19-16-47-21-29-4-10-33(11-5-29)60-26-40-35-25-56(44(59)36(35)27-61-40)38-12-13-41(57)52-43(38)58/h4-5,10-11,23-24,27-28,30-32,38,47-48H,2-3,6-9,12-22,25-26H2,1H3,(H,49,51,53)(H,52,57,58)/t31?,32?,38-/m0/s1. The second kappa shape index (κ2) is 18.9. The number of nitrogens with zero attached hydrogens (tertiary/aromatic N) is 6. The third-order valence-electron chi connectivity index (χ3n) is 13.3. The number of aromatic nitrogens is 4. The third-order valence-corrected chi connectivity index (χ3v) is 14.6. The monoisotopic (exact) mass is 868 g/mol. The van der Waals surface area contributed by atoms with E-state index in [2.05, 4.69) is 48.4 Å². The number of thiophene rings is 1. The van der Waals surface area contributed by atoms with Gasteiger partial charge in [-0.2, -0.15) is 5.10 Å². The van der Waals surface area contributed by atoms with E-state index in [0.29, 0.717) is 48.2 Å². The number of benzene rings is 1. The lowest BCUT2D eigenvalue weighted by Gasteiger charge is -2.34. The largest absolute Gasteiger partial charge is 0.488 e. The second-order valence-electron chi connectivity index (χ2n) is 17.6. The van der Waals surface area contributed by atoms with Gasteiger partial charge in [-0.3, -0.25) is 24.4 Å². The zero-order valence-corrected chi connectivity index (χ0v) is 36.5. The highest BCUT2D eigenvalue weighted by atomic mass is 35.5. The molecule has 5 aliphatic rings. The van der Waals surface area contributed by atoms with Crippen molar-refractivity contribution in [2.45, 2.75) is 108 Å². The number of halogens is 1. The van der Waals surface area contributed by atoms with Crippen molar-refractivity contribution in [3.05, 3.63) is 74.3 Å². The highest BCUT2D eigenvalue weighted by Gasteiger charge is 2.40. The van der Waals surface area contributed by atoms with Crippen molar-refractivity contribution in [2.24, 2.45) is 18.9 Å². The molecule has 4 N–H and O–H groups in total. The van der Waals surface area contributed by atoms with Crippen LogP contribution < -0.4 is 26.0 Å². The third kappa shape index (κ3) is 10.1. The first-order chi connectivity index (χ1) is 29.7. The van der Waals surface area contributed by atoms with Crippen LogP contribution in [0.25, 0.3) is 11.3 Å². The first-order valence-electron chi connectivity index (χ1n) is 22.2. The van der Waals surface area contributed by atoms with Crippen LogP contribution in [0.4, 0.5) is 5.95 Å². The smallest absolute Gasteiger partial charge is 0.256 e. The van der Waals surface area contributed by atoms with Crippen molar-refractivity contribution < 1.29 is 19.1 Å². The van der Waals surface area contributed by atoms with Gasteiger partial charge in [0, 0.05) is 78.8 Å². The van der Waals surface area contributed by atoms with Crippen LogP contribution in [0.5, 0.6) is 5.75 Å². The first kappa shape index (κ1) is 41.9. The molecule has 2 aliphatic carbocycles. The van der Waals surface area contributed by atoms with E-state index in [1.807, 2.05) is 35.4 Å². The summed E-state index contributed by atoms with van der Waals surface area (Å²) in [5, 5.41) is 20.4. The van der Waals surface area contributed by atoms with Gasteiger partial charge in [-0.15, -0.1) is 11.3 Å². The summed E-state index contributed by atoms with van der Waals surface area (Å²) in [7, 11) is 2.00. The van der Waals surface area contributed by atoms with Gasteiger partial charge in [0.25, 0.3) is 5.91 Å². The molecule has 16 heteroatoms. The zero-order valence-electron chi connectivity index (χ0n) is 35.0. The molecule has 3 amide bonds. The van der Waals surface area contributed by atoms with Crippen LogP contribution in [0.1, 0.15) is 96.3 Å². The molecule has 9 rings (SSSR count). The summed E-state index contributed by atoms with van der Waals surface area (Å²) in [6, 6.07) is 8.49. The molecule has 4 aromatic rings. The minimum absolute atomic E-state index is 0.153. The summed E-state index contributed by atoms with van der Waals surface area (Å²) >= 11 is 8.12. The molecule has 0 unspecified atom stereocenters. The number of ether oxygens (including phenoxy) is 1. The number of likely N-dealkylation sites (tertiary alicyclic amines) is 1. The molecule has 3 aromatic heterocycles. The van der Waals surface area contributed by atoms with E-state index in [9.17, 15) is 14.4 Å². The topological polar surface area (TPSA) is 159 Å². The fourth-order valence-corrected chi connectivity index (χ4v) is 10.5. The number of amides is 3. The number of carbonyl (C=O) groups excluding carboxylic acids is 3. The van der Waals surface area contributed by atoms with Crippen LogP contribution in [0.15, 0.2) is 42.0 Å². The lowest BCUT2D eigenvalue weighted by atomic mass is 9.90. The molecular formula is C45H57ClN10O4S. The van der Waals surface area contributed by atoms with Crippen molar-refractivity contribution in [3.8, 4) is 17.0 Å². The van der Waals surface area contributed by atoms with Crippen LogP contribution >= 0.6 is 22.9 Å². The molecule has 1 atom stereocenters. The van der Waals surface area contributed by atoms with Crippen molar-refractivity contribution in [1.82, 2.24) is 45.5 Å². The SMILES string of the molecule is Cn1ncc(-c2nc(NC3CCC(NCC4CCN(CCNCc5ccc(OCc6scc7c6CN([C@H]6CCC(=O)NC6=O)C7=O)cc5)CC4)CC3)ncc2Cl)c1CC1CC1. The van der Waals surface area contributed by atoms with Gasteiger partial charge in [-0.25, -0.2) is 9.97 Å². The molecule has 0 bridgehead atoms. The Morgan fingerprint density at radius 1 is 0.934 bits per heavy atom. The molecule has 4 fully saturated rings. The van der Waals surface area contributed by atoms with E-state index in [1.54, 1.807) is 11.1 Å². The normalized spacial score (nSPS) is 22.4. The summed E-state index contributed by atoms with van der Waals surface area (Å²) in [5.41, 5.74) is 5.76. The lowest BCUT2D eigenvalue weighted by molar-refractivity contribution is -0.136. The van der Waals surface area contributed by atoms with Gasteiger partial charge in [-0.1, -0.05) is 23.7 Å². The Balaban J connectivity index is 0.634. The van der Waals surface area contributed by atoms with Gasteiger partial charge in [0.15, 0.2) is 0 Å². The highest BCUT2D eigenvalue weighted by Crippen LogP contribution is 2.38. The molecule has 2 saturated heterocycles. The van der Waals surface area contributed by atoms with E-state index in [-0.39, 0.29) is 18.2 Å². The Morgan fingerprint density at radius 3 is 2.49 bits per heavy atom. The minimum atomic E-state index is -0.610. The summed E-state index contributed by atoms with van der Waals surface area (Å²) in [5.74, 6) is 2.08. The Bertz CT molecular complexity index is 2190. The van der Waals surface area contributed by atoms with Crippen molar-refractivity contribution in [1.29, 1.82) is 0 Å². The Kier molecular flexibility index (Phi) is 13.0. The number of aryl methyl sites for hydroxylation is 1. The molecule has 324 valence electrons. The molecule has 0 spiro atoms. The molecule has 14 nitrogen and oxygen atoms in total. The molecule has 2 saturated carbocycles. The average molecular weight is 870 g/mol. The van der Waals surface area contributed by atoms with Crippen molar-refractivity contribution in [2.75, 3.05) is 38.0 Å². The van der Waals surface area contributed by atoms with E-state index >= 15 is 0 Å². The number of anilines is 1. The number of fused-ring (bicyclic) bond motifs is 1. The summed E-state index contributed by atoms with van der Waals surface area (Å²) < 4.78 is 8.08. The van der Waals surface area contributed by atoms with E-state index in [4.69, 9.17) is 21.3 Å². The Hall–Kier alpha value is -4.41. The average Bonchev–Trinajstić information content (AvgIpc) is 3.77. The second-order valence-corrected chi connectivity index (χ2v) is 19.0. The van der Waals surface area contributed by atoms with Crippen molar-refractivity contribution in [3.63, 3.8) is 0 Å². The van der Waals surface area contributed by atoms with Gasteiger partial charge in [0.1, 0.15) is 18.4 Å². The Labute approximate surface area is 366 Å². The quantitative estimate of drug-likeness (QED) is 0.0763. The van der Waals surface area contributed by atoms with E-state index in [1.165, 1.54) is 48.3 Å². The van der Waals surface area contributed by atoms with Crippen LogP contribution in [-0.2, 0) is 42.8 Å². The predicted octanol–water partition coefficient (Wildman–Crippen LogP) is 5.70. The van der Waals surface area contributed by atoms with Gasteiger partial charge >= 0.3 is 0 Å². The molecule has 1 aromatic carbocycles. The highest BCUT2D eigenvalue weighted by molar-refractivity contribution is 7.10. The molecule has 6 heterocycles. The fourth-order valence-electron chi connectivity index (χ4n) is 9.34. The van der Waals surface area contributed by atoms with Gasteiger partial charge < -0.3 is 30.5 Å². The first-order valence-corrected chi connectivity index (χ1v) is 23.4. The number of hydrogen-bond donors (Lipinski definition) is 4. The van der Waals surface area contributed by atoms with Gasteiger partial charge in [0.05, 0.1) is 28.7 Å². The van der Waals surface area contributed by atoms with Gasteiger partial charge in [-0.05, 0) is 113 Å². The molecular weight excluding hydrogens is 812 g/mol. The maximum Gasteiger partial charge on any atom is 0.256 e. The molecule has 3 aliphatic heterocycles. The summed E-state index contributed by atoms with van der Waals surface area (Å²) in [4.78, 5) is 51.6. The van der Waals surface area contributed by atoms with Crippen molar-refractivity contribution >= 4 is 46.6 Å². The van der Waals surface area contributed by atoms with Gasteiger partial charge in [0.2, 0.25) is 17.8 Å². The number of rotatable bonds is 17. The fraction of sp³-hybridized carbons (Fsp3) is 0.556. The Morgan fingerprint density at radius 2 is 1.72 bits per heavy atom. The number of piperidine rings is 2. The molecule has 61 heavy (non-hydrogen) atoms. The number of carbonyl (C=O) groups is 3. The van der Waals surface area contributed by atoms with Crippen LogP contribution in [0.3, 0.4) is 0 Å². The predicted molar refractivity (Wildman–Crippen MR) is 235 cm³/mol.